The zero-order valence-electron chi connectivity index (χ0n) is 27.9. The summed E-state index contributed by atoms with van der Waals surface area (Å²) in [6.07, 6.45) is 3.48. The van der Waals surface area contributed by atoms with Crippen LogP contribution in [0.5, 0.6) is 0 Å². The Morgan fingerprint density at radius 1 is 0.902 bits per heavy atom. The van der Waals surface area contributed by atoms with Crippen molar-refractivity contribution in [2.24, 2.45) is 7.05 Å². The van der Waals surface area contributed by atoms with Crippen LogP contribution >= 0.6 is 0 Å². The Labute approximate surface area is 292 Å². The Morgan fingerprint density at radius 3 is 2.49 bits per heavy atom. The summed E-state index contributed by atoms with van der Waals surface area (Å²) in [5.74, 6) is 0.424. The number of amides is 3. The molecule has 0 atom stereocenters. The summed E-state index contributed by atoms with van der Waals surface area (Å²) >= 11 is 0. The van der Waals surface area contributed by atoms with E-state index in [9.17, 15) is 14.4 Å². The van der Waals surface area contributed by atoms with Gasteiger partial charge in [0, 0.05) is 54.4 Å². The Morgan fingerprint density at radius 2 is 1.71 bits per heavy atom. The number of carboxylic acid groups (broad SMARTS) is 1. The highest BCUT2D eigenvalue weighted by Crippen LogP contribution is 2.36. The smallest absolute Gasteiger partial charge is 0.404 e. The molecule has 0 unspecified atom stereocenters. The van der Waals surface area contributed by atoms with E-state index >= 15 is 0 Å². The monoisotopic (exact) mass is 688 g/mol. The van der Waals surface area contributed by atoms with Gasteiger partial charge in [-0.2, -0.15) is 0 Å². The molecule has 6 aromatic rings. The van der Waals surface area contributed by atoms with Crippen LogP contribution in [0, 0.1) is 0 Å². The van der Waals surface area contributed by atoms with Crippen molar-refractivity contribution in [3.63, 3.8) is 0 Å². The van der Waals surface area contributed by atoms with Gasteiger partial charge >= 0.3 is 6.09 Å². The van der Waals surface area contributed by atoms with E-state index in [1.807, 2.05) is 60.1 Å². The molecule has 0 spiro atoms. The molecule has 0 aliphatic carbocycles. The fourth-order valence-electron chi connectivity index (χ4n) is 6.16. The quantitative estimate of drug-likeness (QED) is 0.127. The highest BCUT2D eigenvalue weighted by molar-refractivity contribution is 6.01. The number of aryl methyl sites for hydroxylation is 2. The van der Waals surface area contributed by atoms with Crippen LogP contribution in [0.15, 0.2) is 79.3 Å². The number of nitrogens with zero attached hydrogens (tertiary/aromatic N) is 5. The van der Waals surface area contributed by atoms with E-state index in [1.165, 1.54) is 0 Å². The average Bonchev–Trinajstić information content (AvgIpc) is 3.74. The largest absolute Gasteiger partial charge is 0.465 e. The van der Waals surface area contributed by atoms with E-state index in [4.69, 9.17) is 24.5 Å². The number of pyridine rings is 1. The predicted octanol–water partition coefficient (Wildman–Crippen LogP) is 4.56. The average molecular weight is 689 g/mol. The van der Waals surface area contributed by atoms with Gasteiger partial charge in [0.05, 0.1) is 66.9 Å². The molecule has 3 aromatic heterocycles. The summed E-state index contributed by atoms with van der Waals surface area (Å²) in [6, 6.07) is 21.4. The molecule has 0 bridgehead atoms. The van der Waals surface area contributed by atoms with Crippen LogP contribution in [0.1, 0.15) is 22.3 Å². The van der Waals surface area contributed by atoms with Gasteiger partial charge in [0.1, 0.15) is 5.82 Å². The van der Waals surface area contributed by atoms with Crippen molar-refractivity contribution in [3.8, 4) is 28.5 Å². The number of carbonyl (C=O) groups is 3. The van der Waals surface area contributed by atoms with Gasteiger partial charge in [-0.05, 0) is 60.5 Å². The SMILES string of the molecule is Cn1cncc1-c1cc(-c2nc3cc(C(=O)NCCOCCOCCNC(=O)O)ccc3n2-c2ccc3c(c2)CCC(=O)N3)c2ccccc2n1. The summed E-state index contributed by atoms with van der Waals surface area (Å²) in [4.78, 5) is 50.2. The van der Waals surface area contributed by atoms with Crippen LogP contribution in [0.25, 0.3) is 50.4 Å². The van der Waals surface area contributed by atoms with E-state index in [2.05, 4.69) is 31.6 Å². The van der Waals surface area contributed by atoms with E-state index < -0.39 is 6.09 Å². The van der Waals surface area contributed by atoms with Crippen molar-refractivity contribution >= 4 is 45.5 Å². The van der Waals surface area contributed by atoms with E-state index in [-0.39, 0.29) is 31.6 Å². The molecule has 1 aliphatic heterocycles. The third-order valence-corrected chi connectivity index (χ3v) is 8.62. The number of rotatable bonds is 13. The number of carbonyl (C=O) groups excluding carboxylic acids is 2. The molecule has 0 saturated carbocycles. The molecule has 260 valence electrons. The first-order valence-corrected chi connectivity index (χ1v) is 16.6. The number of ether oxygens (including phenoxy) is 2. The van der Waals surface area contributed by atoms with Gasteiger partial charge < -0.3 is 35.1 Å². The lowest BCUT2D eigenvalue weighted by Gasteiger charge is -2.19. The van der Waals surface area contributed by atoms with Gasteiger partial charge in [0.15, 0.2) is 0 Å². The summed E-state index contributed by atoms with van der Waals surface area (Å²) < 4.78 is 14.9. The number of para-hydroxylation sites is 1. The number of benzene rings is 3. The molecule has 1 aliphatic rings. The number of aromatic nitrogens is 5. The molecule has 14 nitrogen and oxygen atoms in total. The van der Waals surface area contributed by atoms with Crippen molar-refractivity contribution in [3.05, 3.63) is 90.4 Å². The number of fused-ring (bicyclic) bond motifs is 3. The first-order valence-electron chi connectivity index (χ1n) is 16.6. The second-order valence-electron chi connectivity index (χ2n) is 12.0. The van der Waals surface area contributed by atoms with Crippen LogP contribution in [0.4, 0.5) is 10.5 Å². The van der Waals surface area contributed by atoms with Gasteiger partial charge in [0.2, 0.25) is 5.91 Å². The Hall–Kier alpha value is -6.12. The summed E-state index contributed by atoms with van der Waals surface area (Å²) in [6.45, 7) is 1.66. The molecule has 51 heavy (non-hydrogen) atoms. The fraction of sp³-hybridized carbons (Fsp3) is 0.243. The maximum absolute atomic E-state index is 13.2. The van der Waals surface area contributed by atoms with Crippen LogP contribution < -0.4 is 16.0 Å². The van der Waals surface area contributed by atoms with Gasteiger partial charge in [0.25, 0.3) is 5.91 Å². The van der Waals surface area contributed by atoms with Crippen LogP contribution in [0.2, 0.25) is 0 Å². The number of hydrogen-bond acceptors (Lipinski definition) is 8. The van der Waals surface area contributed by atoms with Gasteiger partial charge in [-0.25, -0.2) is 19.7 Å². The molecule has 0 saturated heterocycles. The number of imidazole rings is 2. The Bertz CT molecular complexity index is 2260. The summed E-state index contributed by atoms with van der Waals surface area (Å²) in [5.41, 5.74) is 7.90. The highest BCUT2D eigenvalue weighted by Gasteiger charge is 2.22. The van der Waals surface area contributed by atoms with Crippen molar-refractivity contribution < 1.29 is 29.0 Å². The lowest BCUT2D eigenvalue weighted by molar-refractivity contribution is -0.116. The number of nitrogens with one attached hydrogen (secondary N) is 3. The third-order valence-electron chi connectivity index (χ3n) is 8.62. The van der Waals surface area contributed by atoms with Gasteiger partial charge in [-0.3, -0.25) is 14.2 Å². The lowest BCUT2D eigenvalue weighted by atomic mass is 10.0. The number of hydrogen-bond donors (Lipinski definition) is 4. The highest BCUT2D eigenvalue weighted by atomic mass is 16.5. The molecule has 0 radical (unpaired) electrons. The maximum Gasteiger partial charge on any atom is 0.404 e. The first kappa shape index (κ1) is 33.4. The minimum atomic E-state index is -1.09. The third kappa shape index (κ3) is 7.27. The Kier molecular flexibility index (Phi) is 9.67. The molecular formula is C37H36N8O6. The van der Waals surface area contributed by atoms with Crippen LogP contribution in [-0.2, 0) is 27.7 Å². The normalized spacial score (nSPS) is 12.5. The lowest BCUT2D eigenvalue weighted by Crippen LogP contribution is -2.28. The zero-order valence-corrected chi connectivity index (χ0v) is 27.9. The molecule has 7 rings (SSSR count). The van der Waals surface area contributed by atoms with Gasteiger partial charge in [-0.15, -0.1) is 0 Å². The summed E-state index contributed by atoms with van der Waals surface area (Å²) in [5, 5.41) is 17.6. The van der Waals surface area contributed by atoms with Gasteiger partial charge in [-0.1, -0.05) is 18.2 Å². The standard InChI is InChI=1S/C37H36N8O6/c1-44-22-38-21-33(44)31-20-27(26-4-2-3-5-29(26)41-31)35-43-30-19-24(36(47)39-12-14-50-16-17-51-15-13-40-37(48)49)6-10-32(30)45(35)25-8-9-28-23(18-25)7-11-34(46)42-28/h2-6,8-10,18-22,40H,7,11-17H2,1H3,(H,39,47)(H,42,46)(H,48,49). The fourth-order valence-corrected chi connectivity index (χ4v) is 6.16. The second kappa shape index (κ2) is 14.8. The van der Waals surface area contributed by atoms with E-state index in [0.29, 0.717) is 49.5 Å². The summed E-state index contributed by atoms with van der Waals surface area (Å²) in [7, 11) is 1.93. The van der Waals surface area contributed by atoms with Crippen molar-refractivity contribution in [1.29, 1.82) is 0 Å². The maximum atomic E-state index is 13.2. The van der Waals surface area contributed by atoms with E-state index in [0.717, 1.165) is 50.3 Å². The second-order valence-corrected chi connectivity index (χ2v) is 12.0. The van der Waals surface area contributed by atoms with Crippen LogP contribution in [-0.4, -0.2) is 86.6 Å². The van der Waals surface area contributed by atoms with Crippen molar-refractivity contribution in [1.82, 2.24) is 34.7 Å². The molecule has 4 heterocycles. The molecule has 3 aromatic carbocycles. The van der Waals surface area contributed by atoms with Crippen LogP contribution in [0.3, 0.4) is 0 Å². The zero-order chi connectivity index (χ0) is 35.3. The topological polar surface area (TPSA) is 175 Å². The molecule has 3 amide bonds. The molecular weight excluding hydrogens is 652 g/mol. The first-order chi connectivity index (χ1) is 24.9. The van der Waals surface area contributed by atoms with Crippen molar-refractivity contribution in [2.75, 3.05) is 44.8 Å². The molecule has 14 heteroatoms. The molecule has 4 N–H and O–H groups in total. The minimum Gasteiger partial charge on any atom is -0.465 e. The van der Waals surface area contributed by atoms with E-state index in [1.54, 1.807) is 24.7 Å². The minimum absolute atomic E-state index is 0.00378. The Balaban J connectivity index is 1.20. The van der Waals surface area contributed by atoms with Crippen molar-refractivity contribution in [2.45, 2.75) is 12.8 Å². The number of anilines is 1. The predicted molar refractivity (Wildman–Crippen MR) is 191 cm³/mol. The molecule has 0 fully saturated rings.